The fraction of sp³-hybridized carbons (Fsp3) is 0.500. The molecule has 2 atom stereocenters. The third-order valence-electron chi connectivity index (χ3n) is 10.9. The van der Waals surface area contributed by atoms with Gasteiger partial charge >= 0.3 is 12.4 Å². The molecule has 16 heteroatoms. The molecule has 2 amide bonds. The molecule has 2 saturated heterocycles. The van der Waals surface area contributed by atoms with Crippen LogP contribution >= 0.6 is 11.3 Å². The van der Waals surface area contributed by atoms with Gasteiger partial charge in [0, 0.05) is 67.6 Å². The molecule has 1 aromatic carbocycles. The number of hydrogen-bond acceptors (Lipinski definition) is 8. The van der Waals surface area contributed by atoms with Crippen molar-refractivity contribution in [3.63, 3.8) is 0 Å². The zero-order valence-electron chi connectivity index (χ0n) is 31.3. The van der Waals surface area contributed by atoms with Gasteiger partial charge < -0.3 is 24.4 Å². The molecule has 2 aromatic heterocycles. The minimum atomic E-state index is -4.88. The first kappa shape index (κ1) is 41.2. The molecule has 9 nitrogen and oxygen atoms in total. The van der Waals surface area contributed by atoms with E-state index in [0.717, 1.165) is 35.1 Å². The number of aromatic nitrogens is 1. The number of carbonyl (C=O) groups is 2. The predicted molar refractivity (Wildman–Crippen MR) is 198 cm³/mol. The predicted octanol–water partition coefficient (Wildman–Crippen LogP) is 8.47. The largest absolute Gasteiger partial charge is 0.493 e. The minimum absolute atomic E-state index is 0.0155. The van der Waals surface area contributed by atoms with Crippen LogP contribution in [0.1, 0.15) is 92.1 Å². The Labute approximate surface area is 325 Å². The van der Waals surface area contributed by atoms with Crippen molar-refractivity contribution in [3.05, 3.63) is 86.9 Å². The number of ether oxygens (including phenoxy) is 2. The molecule has 3 aliphatic rings. The summed E-state index contributed by atoms with van der Waals surface area (Å²) in [5.74, 6) is -1.39. The smallest absolute Gasteiger partial charge is 0.425 e. The lowest BCUT2D eigenvalue weighted by Crippen LogP contribution is -2.68. The number of halogens is 6. The van der Waals surface area contributed by atoms with Crippen LogP contribution in [0, 0.1) is 0 Å². The van der Waals surface area contributed by atoms with Crippen LogP contribution in [0.5, 0.6) is 11.5 Å². The van der Waals surface area contributed by atoms with Gasteiger partial charge in [0.05, 0.1) is 35.9 Å². The first-order valence-corrected chi connectivity index (χ1v) is 19.5. The van der Waals surface area contributed by atoms with Gasteiger partial charge in [-0.1, -0.05) is 31.5 Å². The number of aliphatic imine (C=N–C) groups is 1. The highest BCUT2D eigenvalue weighted by Gasteiger charge is 2.56. The molecule has 0 bridgehead atoms. The van der Waals surface area contributed by atoms with Crippen molar-refractivity contribution in [1.82, 2.24) is 14.8 Å². The van der Waals surface area contributed by atoms with Crippen LogP contribution in [-0.4, -0.2) is 81.8 Å². The van der Waals surface area contributed by atoms with Crippen molar-refractivity contribution >= 4 is 28.9 Å². The number of benzene rings is 1. The Morgan fingerprint density at radius 2 is 1.75 bits per heavy atom. The summed E-state index contributed by atoms with van der Waals surface area (Å²) < 4.78 is 95.9. The number of amides is 2. The molecule has 5 heterocycles. The Balaban J connectivity index is 1.29. The number of piperidine rings is 2. The van der Waals surface area contributed by atoms with Crippen molar-refractivity contribution in [2.45, 2.75) is 95.3 Å². The van der Waals surface area contributed by atoms with Crippen molar-refractivity contribution in [2.24, 2.45) is 4.99 Å². The van der Waals surface area contributed by atoms with Gasteiger partial charge in [-0.05, 0) is 62.8 Å². The van der Waals surface area contributed by atoms with E-state index in [0.29, 0.717) is 54.7 Å². The average Bonchev–Trinajstić information content (AvgIpc) is 3.77. The third kappa shape index (κ3) is 8.31. The van der Waals surface area contributed by atoms with Gasteiger partial charge in [0.1, 0.15) is 16.4 Å². The Morgan fingerprint density at radius 3 is 2.39 bits per heavy atom. The lowest BCUT2D eigenvalue weighted by Gasteiger charge is -2.51. The Bertz CT molecular complexity index is 1990. The van der Waals surface area contributed by atoms with Crippen LogP contribution in [0.15, 0.2) is 70.3 Å². The van der Waals surface area contributed by atoms with Gasteiger partial charge in [0.25, 0.3) is 11.8 Å². The van der Waals surface area contributed by atoms with Crippen molar-refractivity contribution < 1.29 is 50.5 Å². The number of aliphatic hydroxyl groups is 1. The summed E-state index contributed by atoms with van der Waals surface area (Å²) in [6.45, 7) is 6.79. The highest BCUT2D eigenvalue weighted by atomic mass is 32.1. The van der Waals surface area contributed by atoms with Crippen LogP contribution in [0.2, 0.25) is 0 Å². The van der Waals surface area contributed by atoms with Gasteiger partial charge in [-0.2, -0.15) is 26.3 Å². The second-order valence-electron chi connectivity index (χ2n) is 14.5. The number of para-hydroxylation sites is 1. The molecular formula is C40H44F6N4O5S. The monoisotopic (exact) mass is 806 g/mol. The van der Waals surface area contributed by atoms with E-state index in [9.17, 15) is 41.0 Å². The van der Waals surface area contributed by atoms with E-state index >= 15 is 0 Å². The third-order valence-corrected chi connectivity index (χ3v) is 11.9. The van der Waals surface area contributed by atoms with E-state index in [1.807, 2.05) is 13.8 Å². The number of thiophene rings is 1. The van der Waals surface area contributed by atoms with Gasteiger partial charge in [0.2, 0.25) is 5.60 Å². The summed E-state index contributed by atoms with van der Waals surface area (Å²) in [5, 5.41) is 13.2. The topological polar surface area (TPSA) is 105 Å². The van der Waals surface area contributed by atoms with Crippen molar-refractivity contribution in [1.29, 1.82) is 0 Å². The molecule has 0 radical (unpaired) electrons. The van der Waals surface area contributed by atoms with Crippen molar-refractivity contribution in [3.8, 4) is 11.5 Å². The summed E-state index contributed by atoms with van der Waals surface area (Å²) in [6.07, 6.45) is -6.46. The van der Waals surface area contributed by atoms with Gasteiger partial charge in [0.15, 0.2) is 0 Å². The van der Waals surface area contributed by atoms with E-state index in [4.69, 9.17) is 9.47 Å². The zero-order valence-corrected chi connectivity index (χ0v) is 32.1. The number of carbonyl (C=O) groups excluding carboxylic acids is 2. The lowest BCUT2D eigenvalue weighted by molar-refractivity contribution is -0.163. The SMILES string of the molecule is CCC[C@H]1N(C(=O)c2cnccc2C(F)(F)F)CCC[C@@]1(Oc1csc(C(F)(F)F)c1)C(=O)N1CCC(O)(c2ccccc2OCCC2=C(C)CN=C2C)CC1. The molecule has 1 N–H and O–H groups in total. The van der Waals surface area contributed by atoms with E-state index in [-0.39, 0.29) is 57.5 Å². The zero-order chi connectivity index (χ0) is 40.5. The van der Waals surface area contributed by atoms with Gasteiger partial charge in [-0.15, -0.1) is 11.3 Å². The molecule has 302 valence electrons. The molecule has 0 aliphatic carbocycles. The van der Waals surface area contributed by atoms with Crippen LogP contribution in [0.25, 0.3) is 0 Å². The van der Waals surface area contributed by atoms with E-state index in [2.05, 4.69) is 9.98 Å². The summed E-state index contributed by atoms with van der Waals surface area (Å²) in [6, 6.07) is 7.47. The molecule has 3 aromatic rings. The number of rotatable bonds is 11. The molecule has 2 fully saturated rings. The molecule has 0 saturated carbocycles. The Hall–Kier alpha value is -4.44. The summed E-state index contributed by atoms with van der Waals surface area (Å²) in [7, 11) is 0. The fourth-order valence-corrected chi connectivity index (χ4v) is 8.77. The van der Waals surface area contributed by atoms with E-state index < -0.39 is 57.4 Å². The molecule has 0 unspecified atom stereocenters. The molecule has 0 spiro atoms. The Kier molecular flexibility index (Phi) is 11.9. The lowest BCUT2D eigenvalue weighted by atomic mass is 9.78. The summed E-state index contributed by atoms with van der Waals surface area (Å²) in [4.78, 5) is 39.0. The maximum absolute atomic E-state index is 15.0. The highest BCUT2D eigenvalue weighted by molar-refractivity contribution is 7.10. The van der Waals surface area contributed by atoms with Gasteiger partial charge in [-0.25, -0.2) is 0 Å². The van der Waals surface area contributed by atoms with Crippen LogP contribution in [-0.2, 0) is 22.7 Å². The maximum Gasteiger partial charge on any atom is 0.425 e. The van der Waals surface area contributed by atoms with Crippen molar-refractivity contribution in [2.75, 3.05) is 32.8 Å². The van der Waals surface area contributed by atoms with Crippen LogP contribution in [0.3, 0.4) is 0 Å². The number of nitrogens with zero attached hydrogens (tertiary/aromatic N) is 4. The van der Waals surface area contributed by atoms with E-state index in [1.54, 1.807) is 31.2 Å². The minimum Gasteiger partial charge on any atom is -0.493 e. The summed E-state index contributed by atoms with van der Waals surface area (Å²) >= 11 is 0.384. The second-order valence-corrected chi connectivity index (χ2v) is 15.5. The normalized spacial score (nSPS) is 21.6. The highest BCUT2D eigenvalue weighted by Crippen LogP contribution is 2.44. The Morgan fingerprint density at radius 1 is 1.02 bits per heavy atom. The first-order valence-electron chi connectivity index (χ1n) is 18.6. The molecular weight excluding hydrogens is 763 g/mol. The molecule has 6 rings (SSSR count). The van der Waals surface area contributed by atoms with Crippen LogP contribution in [0.4, 0.5) is 26.3 Å². The number of hydrogen-bond donors (Lipinski definition) is 1. The number of pyridine rings is 1. The first-order chi connectivity index (χ1) is 26.5. The molecule has 3 aliphatic heterocycles. The van der Waals surface area contributed by atoms with Crippen LogP contribution < -0.4 is 9.47 Å². The summed E-state index contributed by atoms with van der Waals surface area (Å²) in [5.41, 5.74) is -1.40. The quantitative estimate of drug-likeness (QED) is 0.195. The van der Waals surface area contributed by atoms with E-state index in [1.165, 1.54) is 15.4 Å². The molecule has 56 heavy (non-hydrogen) atoms. The fourth-order valence-electron chi connectivity index (χ4n) is 8.09. The number of likely N-dealkylation sites (tertiary alicyclic amines) is 2. The van der Waals surface area contributed by atoms with Gasteiger partial charge in [-0.3, -0.25) is 19.6 Å². The average molecular weight is 807 g/mol. The number of alkyl halides is 6. The second kappa shape index (κ2) is 16.2. The maximum atomic E-state index is 15.0. The standard InChI is InChI=1S/C40H44F6N4O5S/c1-4-8-33-38(55-27-21-34(56-24-27)40(44,45)46,13-7-17-50(33)35(51)29-23-47-16-11-30(29)39(41,42)43)36(52)49-18-14-37(53,15-19-49)31-9-5-6-10-32(31)54-20-12-28-25(2)22-48-26(28)3/h5-6,9-11,16,21,23-24,33,53H,4,7-8,12-15,17-20,22H2,1-3H3/t33-,38+/m1/s1.